The Kier molecular flexibility index (Phi) is 2.01. The summed E-state index contributed by atoms with van der Waals surface area (Å²) in [6.07, 6.45) is 0. The molecule has 0 spiro atoms. The number of ether oxygens (including phenoxy) is 2. The zero-order valence-corrected chi connectivity index (χ0v) is 9.91. The third kappa shape index (κ3) is 1.16. The summed E-state index contributed by atoms with van der Waals surface area (Å²) in [6, 6.07) is 0.401. The second kappa shape index (κ2) is 3.16. The molecule has 84 valence electrons. The molecule has 2 fully saturated rings. The van der Waals surface area contributed by atoms with Crippen molar-refractivity contribution in [1.29, 1.82) is 0 Å². The quantitative estimate of drug-likeness (QED) is 0.680. The van der Waals surface area contributed by atoms with Crippen molar-refractivity contribution >= 4 is 8.37 Å². The zero-order valence-electron chi connectivity index (χ0n) is 9.01. The first kappa shape index (κ1) is 9.55. The maximum atomic E-state index is 6.25. The van der Waals surface area contributed by atoms with E-state index < -0.39 is 8.37 Å². The minimum atomic E-state index is -0.775. The van der Waals surface area contributed by atoms with E-state index in [2.05, 4.69) is 23.2 Å². The normalized spacial score (nSPS) is 33.3. The molecule has 15 heavy (non-hydrogen) atoms. The fourth-order valence-corrected chi connectivity index (χ4v) is 4.04. The summed E-state index contributed by atoms with van der Waals surface area (Å²) in [5, 5.41) is 0. The number of nitrogens with two attached hydrogens (primary N) is 1. The van der Waals surface area contributed by atoms with Gasteiger partial charge in [-0.05, 0) is 5.92 Å². The van der Waals surface area contributed by atoms with Crippen LogP contribution in [0.4, 0.5) is 0 Å². The smallest absolute Gasteiger partial charge is 0.258 e. The Morgan fingerprint density at radius 3 is 2.93 bits per heavy atom. The molecular weight excluding hydrogens is 213 g/mol. The minimum absolute atomic E-state index is 0.401. The third-order valence-electron chi connectivity index (χ3n) is 3.11. The number of rotatable bonds is 1. The molecule has 3 rings (SSSR count). The Balaban J connectivity index is 1.95. The van der Waals surface area contributed by atoms with Crippen LogP contribution in [0, 0.1) is 5.92 Å². The molecule has 0 aromatic heterocycles. The number of nitrogens with zero attached hydrogens (tertiary/aromatic N) is 2. The Hall–Kier alpha value is -0.670. The lowest BCUT2D eigenvalue weighted by Crippen LogP contribution is -2.33. The minimum Gasteiger partial charge on any atom is -0.473 e. The summed E-state index contributed by atoms with van der Waals surface area (Å²) in [7, 11) is -0.775. The Morgan fingerprint density at radius 2 is 2.20 bits per heavy atom. The average Bonchev–Trinajstić information content (AvgIpc) is 2.84. The molecule has 2 unspecified atom stereocenters. The van der Waals surface area contributed by atoms with Gasteiger partial charge in [0.15, 0.2) is 8.37 Å². The van der Waals surface area contributed by atoms with E-state index in [0.717, 1.165) is 31.5 Å². The molecule has 5 nitrogen and oxygen atoms in total. The SMILES string of the molecule is CC(C)C1COC2=C3OCCN3P(N)N21. The Morgan fingerprint density at radius 1 is 1.40 bits per heavy atom. The van der Waals surface area contributed by atoms with Crippen LogP contribution in [-0.4, -0.2) is 35.1 Å². The molecule has 6 heteroatoms. The predicted molar refractivity (Wildman–Crippen MR) is 57.2 cm³/mol. The first-order valence-corrected chi connectivity index (χ1v) is 6.63. The summed E-state index contributed by atoms with van der Waals surface area (Å²) in [5.74, 6) is 2.29. The topological polar surface area (TPSA) is 51.0 Å². The molecule has 3 aliphatic heterocycles. The van der Waals surface area contributed by atoms with Crippen molar-refractivity contribution in [3.05, 3.63) is 11.8 Å². The second-order valence-electron chi connectivity index (χ2n) is 4.37. The van der Waals surface area contributed by atoms with Gasteiger partial charge in [0.2, 0.25) is 0 Å². The summed E-state index contributed by atoms with van der Waals surface area (Å²) < 4.78 is 15.6. The fraction of sp³-hybridized carbons (Fsp3) is 0.778. The maximum Gasteiger partial charge on any atom is 0.258 e. The molecule has 0 radical (unpaired) electrons. The van der Waals surface area contributed by atoms with Gasteiger partial charge in [0, 0.05) is 0 Å². The zero-order chi connectivity index (χ0) is 10.6. The van der Waals surface area contributed by atoms with Gasteiger partial charge in [-0.25, -0.2) is 0 Å². The Bertz CT molecular complexity index is 320. The van der Waals surface area contributed by atoms with E-state index in [1.54, 1.807) is 0 Å². The van der Waals surface area contributed by atoms with Crippen LogP contribution in [0.5, 0.6) is 0 Å². The van der Waals surface area contributed by atoms with Crippen molar-refractivity contribution in [2.75, 3.05) is 19.8 Å². The summed E-state index contributed by atoms with van der Waals surface area (Å²) >= 11 is 0. The van der Waals surface area contributed by atoms with Gasteiger partial charge in [-0.1, -0.05) is 13.8 Å². The summed E-state index contributed by atoms with van der Waals surface area (Å²) in [6.45, 7) is 6.78. The van der Waals surface area contributed by atoms with Crippen molar-refractivity contribution in [2.24, 2.45) is 11.4 Å². The highest BCUT2D eigenvalue weighted by molar-refractivity contribution is 7.50. The number of fused-ring (bicyclic) bond motifs is 2. The van der Waals surface area contributed by atoms with Crippen LogP contribution in [0.25, 0.3) is 0 Å². The van der Waals surface area contributed by atoms with Crippen molar-refractivity contribution in [2.45, 2.75) is 19.9 Å². The third-order valence-corrected chi connectivity index (χ3v) is 4.91. The van der Waals surface area contributed by atoms with E-state index in [9.17, 15) is 0 Å². The van der Waals surface area contributed by atoms with E-state index in [0.29, 0.717) is 12.0 Å². The lowest BCUT2D eigenvalue weighted by Gasteiger charge is -2.29. The van der Waals surface area contributed by atoms with Gasteiger partial charge >= 0.3 is 0 Å². The average molecular weight is 229 g/mol. The van der Waals surface area contributed by atoms with Crippen LogP contribution in [0.1, 0.15) is 13.8 Å². The molecular formula is C9H16N3O2P. The molecule has 0 amide bonds. The van der Waals surface area contributed by atoms with Crippen LogP contribution < -0.4 is 5.50 Å². The molecule has 0 bridgehead atoms. The van der Waals surface area contributed by atoms with Gasteiger partial charge in [-0.3, -0.25) is 14.8 Å². The number of hydrogen-bond donors (Lipinski definition) is 1. The van der Waals surface area contributed by atoms with E-state index >= 15 is 0 Å². The fourth-order valence-electron chi connectivity index (χ4n) is 2.22. The predicted octanol–water partition coefficient (Wildman–Crippen LogP) is 1.00. The lowest BCUT2D eigenvalue weighted by atomic mass is 10.1. The molecule has 0 aromatic carbocycles. The molecule has 2 atom stereocenters. The van der Waals surface area contributed by atoms with Gasteiger partial charge in [0.25, 0.3) is 11.8 Å². The van der Waals surface area contributed by atoms with Crippen molar-refractivity contribution in [3.8, 4) is 0 Å². The first-order valence-electron chi connectivity index (χ1n) is 5.31. The van der Waals surface area contributed by atoms with E-state index in [1.165, 1.54) is 0 Å². The monoisotopic (exact) mass is 229 g/mol. The second-order valence-corrected chi connectivity index (χ2v) is 5.92. The van der Waals surface area contributed by atoms with Gasteiger partial charge < -0.3 is 9.47 Å². The van der Waals surface area contributed by atoms with Crippen molar-refractivity contribution < 1.29 is 9.47 Å². The molecule has 2 N–H and O–H groups in total. The van der Waals surface area contributed by atoms with E-state index in [-0.39, 0.29) is 0 Å². The van der Waals surface area contributed by atoms with Crippen LogP contribution in [-0.2, 0) is 9.47 Å². The molecule has 0 aromatic rings. The summed E-state index contributed by atoms with van der Waals surface area (Å²) in [4.78, 5) is 0. The van der Waals surface area contributed by atoms with Gasteiger partial charge in [-0.2, -0.15) is 0 Å². The molecule has 3 aliphatic rings. The lowest BCUT2D eigenvalue weighted by molar-refractivity contribution is 0.189. The highest BCUT2D eigenvalue weighted by Gasteiger charge is 2.50. The van der Waals surface area contributed by atoms with Gasteiger partial charge in [-0.15, -0.1) is 0 Å². The number of hydrogen-bond acceptors (Lipinski definition) is 5. The van der Waals surface area contributed by atoms with Crippen LogP contribution in [0.15, 0.2) is 11.8 Å². The van der Waals surface area contributed by atoms with Crippen LogP contribution in [0.3, 0.4) is 0 Å². The highest BCUT2D eigenvalue weighted by atomic mass is 31.1. The van der Waals surface area contributed by atoms with Crippen LogP contribution in [0.2, 0.25) is 0 Å². The highest BCUT2D eigenvalue weighted by Crippen LogP contribution is 2.56. The standard InChI is InChI=1S/C9H16N3O2P/c1-6(2)7-5-14-9-8-11(3-4-13-8)15(10)12(7)9/h6-7H,3-5,10H2,1-2H3. The van der Waals surface area contributed by atoms with Crippen molar-refractivity contribution in [3.63, 3.8) is 0 Å². The first-order chi connectivity index (χ1) is 7.20. The maximum absolute atomic E-state index is 6.25. The van der Waals surface area contributed by atoms with E-state index in [1.807, 2.05) is 0 Å². The van der Waals surface area contributed by atoms with E-state index in [4.69, 9.17) is 15.0 Å². The van der Waals surface area contributed by atoms with Crippen molar-refractivity contribution in [1.82, 2.24) is 9.34 Å². The van der Waals surface area contributed by atoms with Crippen LogP contribution >= 0.6 is 8.37 Å². The Labute approximate surface area is 90.7 Å². The molecule has 0 saturated carbocycles. The largest absolute Gasteiger partial charge is 0.473 e. The molecule has 0 aliphatic carbocycles. The summed E-state index contributed by atoms with van der Waals surface area (Å²) in [5.41, 5.74) is 6.25. The molecule has 3 heterocycles. The van der Waals surface area contributed by atoms with Gasteiger partial charge in [0.05, 0.1) is 12.6 Å². The van der Waals surface area contributed by atoms with Gasteiger partial charge in [0.1, 0.15) is 13.2 Å². The molecule has 2 saturated heterocycles.